The summed E-state index contributed by atoms with van der Waals surface area (Å²) in [7, 11) is 0. The maximum absolute atomic E-state index is 12.4. The fourth-order valence-electron chi connectivity index (χ4n) is 2.95. The molecule has 0 atom stereocenters. The largest absolute Gasteiger partial charge is 0.462 e. The third-order valence-corrected chi connectivity index (χ3v) is 4.42. The van der Waals surface area contributed by atoms with Crippen molar-refractivity contribution in [2.24, 2.45) is 0 Å². The van der Waals surface area contributed by atoms with Gasteiger partial charge in [0.1, 0.15) is 16.9 Å². The van der Waals surface area contributed by atoms with Gasteiger partial charge in [0.2, 0.25) is 0 Å². The summed E-state index contributed by atoms with van der Waals surface area (Å²) < 4.78 is 17.4. The highest BCUT2D eigenvalue weighted by Crippen LogP contribution is 2.22. The molecule has 4 aromatic rings. The number of carbonyl (C=O) groups is 2. The Morgan fingerprint density at radius 2 is 1.70 bits per heavy atom. The normalized spacial score (nSPS) is 10.7. The molecule has 0 N–H and O–H groups in total. The molecular formula is C23H17NO6. The number of ether oxygens (including phenoxy) is 2. The van der Waals surface area contributed by atoms with E-state index in [1.54, 1.807) is 31.2 Å². The molecule has 2 aromatic carbocycles. The predicted octanol–water partition coefficient (Wildman–Crippen LogP) is 3.98. The zero-order chi connectivity index (χ0) is 21.1. The van der Waals surface area contributed by atoms with Gasteiger partial charge in [-0.15, -0.1) is 0 Å². The van der Waals surface area contributed by atoms with Gasteiger partial charge < -0.3 is 18.5 Å². The molecule has 0 aliphatic carbocycles. The van der Waals surface area contributed by atoms with Crippen LogP contribution in [0, 0.1) is 0 Å². The van der Waals surface area contributed by atoms with E-state index in [1.165, 1.54) is 12.1 Å². The molecule has 0 radical (unpaired) electrons. The van der Waals surface area contributed by atoms with Gasteiger partial charge in [-0.3, -0.25) is 0 Å². The first-order valence-electron chi connectivity index (χ1n) is 9.26. The van der Waals surface area contributed by atoms with Crippen LogP contribution < -0.4 is 10.4 Å². The number of hydrogen-bond acceptors (Lipinski definition) is 6. The van der Waals surface area contributed by atoms with E-state index in [1.807, 2.05) is 41.2 Å². The molecule has 150 valence electrons. The van der Waals surface area contributed by atoms with Crippen molar-refractivity contribution < 1.29 is 23.5 Å². The number of nitrogens with zero attached hydrogens (tertiary/aromatic N) is 1. The van der Waals surface area contributed by atoms with Crippen molar-refractivity contribution in [2.45, 2.75) is 6.92 Å². The molecule has 2 heterocycles. The number of esters is 2. The minimum atomic E-state index is -0.815. The van der Waals surface area contributed by atoms with Gasteiger partial charge in [0.05, 0.1) is 12.2 Å². The summed E-state index contributed by atoms with van der Waals surface area (Å²) in [6, 6.07) is 16.8. The van der Waals surface area contributed by atoms with Crippen LogP contribution in [0.3, 0.4) is 0 Å². The molecule has 0 saturated heterocycles. The van der Waals surface area contributed by atoms with Crippen molar-refractivity contribution in [3.8, 4) is 11.4 Å². The lowest BCUT2D eigenvalue weighted by Crippen LogP contribution is -2.16. The van der Waals surface area contributed by atoms with E-state index < -0.39 is 17.6 Å². The van der Waals surface area contributed by atoms with Crippen molar-refractivity contribution in [3.05, 3.63) is 94.6 Å². The van der Waals surface area contributed by atoms with Crippen LogP contribution in [0.25, 0.3) is 16.7 Å². The van der Waals surface area contributed by atoms with Crippen molar-refractivity contribution in [3.63, 3.8) is 0 Å². The highest BCUT2D eigenvalue weighted by molar-refractivity contribution is 5.94. The van der Waals surface area contributed by atoms with Crippen LogP contribution in [0.4, 0.5) is 0 Å². The van der Waals surface area contributed by atoms with E-state index in [0.29, 0.717) is 10.9 Å². The maximum atomic E-state index is 12.4. The summed E-state index contributed by atoms with van der Waals surface area (Å²) >= 11 is 0. The third kappa shape index (κ3) is 3.86. The lowest BCUT2D eigenvalue weighted by molar-refractivity contribution is 0.0521. The average molecular weight is 403 g/mol. The Morgan fingerprint density at radius 3 is 2.40 bits per heavy atom. The molecule has 0 unspecified atom stereocenters. The number of rotatable bonds is 5. The number of aromatic nitrogens is 1. The van der Waals surface area contributed by atoms with Crippen molar-refractivity contribution in [1.82, 2.24) is 4.57 Å². The minimum Gasteiger partial charge on any atom is -0.462 e. The number of hydrogen-bond donors (Lipinski definition) is 0. The van der Waals surface area contributed by atoms with Crippen LogP contribution in [-0.4, -0.2) is 23.1 Å². The summed E-state index contributed by atoms with van der Waals surface area (Å²) in [6.45, 7) is 1.80. The summed E-state index contributed by atoms with van der Waals surface area (Å²) in [5.41, 5.74) is 0.495. The van der Waals surface area contributed by atoms with Crippen LogP contribution in [-0.2, 0) is 4.74 Å². The lowest BCUT2D eigenvalue weighted by Gasteiger charge is -2.07. The molecule has 0 saturated carbocycles. The average Bonchev–Trinajstić information content (AvgIpc) is 3.28. The Bertz CT molecular complexity index is 1270. The van der Waals surface area contributed by atoms with Crippen LogP contribution in [0.2, 0.25) is 0 Å². The second-order valence-electron chi connectivity index (χ2n) is 6.39. The molecule has 7 nitrogen and oxygen atoms in total. The van der Waals surface area contributed by atoms with Gasteiger partial charge in [0, 0.05) is 29.5 Å². The molecule has 7 heteroatoms. The predicted molar refractivity (Wildman–Crippen MR) is 109 cm³/mol. The van der Waals surface area contributed by atoms with Gasteiger partial charge in [0.25, 0.3) is 0 Å². The van der Waals surface area contributed by atoms with E-state index in [9.17, 15) is 14.4 Å². The lowest BCUT2D eigenvalue weighted by atomic mass is 10.1. The summed E-state index contributed by atoms with van der Waals surface area (Å²) in [5.74, 6) is -1.07. The fraction of sp³-hybridized carbons (Fsp3) is 0.0870. The van der Waals surface area contributed by atoms with E-state index in [4.69, 9.17) is 13.9 Å². The SMILES string of the molecule is CCOC(=O)c1cc2ccc(OC(=O)c3ccc(-n4cccc4)cc3)cc2oc1=O. The number of benzene rings is 2. The second kappa shape index (κ2) is 8.08. The fourth-order valence-corrected chi connectivity index (χ4v) is 2.95. The van der Waals surface area contributed by atoms with Gasteiger partial charge in [0.15, 0.2) is 0 Å². The van der Waals surface area contributed by atoms with Gasteiger partial charge in [-0.05, 0) is 61.5 Å². The Morgan fingerprint density at radius 1 is 0.967 bits per heavy atom. The van der Waals surface area contributed by atoms with Crippen LogP contribution in [0.1, 0.15) is 27.6 Å². The summed E-state index contributed by atoms with van der Waals surface area (Å²) in [6.07, 6.45) is 3.81. The first-order chi connectivity index (χ1) is 14.5. The van der Waals surface area contributed by atoms with Gasteiger partial charge in [-0.1, -0.05) is 0 Å². The van der Waals surface area contributed by atoms with Gasteiger partial charge in [-0.2, -0.15) is 0 Å². The standard InChI is InChI=1S/C23H17NO6/c1-2-28-22(26)19-13-16-7-10-18(14-20(16)30-23(19)27)29-21(25)15-5-8-17(9-6-15)24-11-3-4-12-24/h3-14H,2H2,1H3. The highest BCUT2D eigenvalue weighted by Gasteiger charge is 2.16. The van der Waals surface area contributed by atoms with Gasteiger partial charge in [-0.25, -0.2) is 14.4 Å². The minimum absolute atomic E-state index is 0.150. The quantitative estimate of drug-likeness (QED) is 0.285. The first-order valence-corrected chi connectivity index (χ1v) is 9.26. The van der Waals surface area contributed by atoms with E-state index in [2.05, 4.69) is 0 Å². The third-order valence-electron chi connectivity index (χ3n) is 4.42. The summed E-state index contributed by atoms with van der Waals surface area (Å²) in [5, 5.41) is 0.508. The summed E-state index contributed by atoms with van der Waals surface area (Å²) in [4.78, 5) is 36.3. The Kier molecular flexibility index (Phi) is 5.17. The Labute approximate surface area is 171 Å². The molecule has 0 fully saturated rings. The zero-order valence-electron chi connectivity index (χ0n) is 16.0. The first kappa shape index (κ1) is 19.2. The molecule has 0 aliphatic heterocycles. The van der Waals surface area contributed by atoms with Crippen LogP contribution >= 0.6 is 0 Å². The number of fused-ring (bicyclic) bond motifs is 1. The molecule has 30 heavy (non-hydrogen) atoms. The molecular weight excluding hydrogens is 386 g/mol. The molecule has 0 aliphatic rings. The highest BCUT2D eigenvalue weighted by atomic mass is 16.5. The van der Waals surface area contributed by atoms with Crippen molar-refractivity contribution in [2.75, 3.05) is 6.61 Å². The van der Waals surface area contributed by atoms with E-state index in [-0.39, 0.29) is 23.5 Å². The van der Waals surface area contributed by atoms with Crippen LogP contribution in [0.5, 0.6) is 5.75 Å². The monoisotopic (exact) mass is 403 g/mol. The second-order valence-corrected chi connectivity index (χ2v) is 6.39. The van der Waals surface area contributed by atoms with Crippen LogP contribution in [0.15, 0.2) is 82.3 Å². The molecule has 2 aromatic heterocycles. The van der Waals surface area contributed by atoms with Gasteiger partial charge >= 0.3 is 17.6 Å². The molecule has 0 spiro atoms. The van der Waals surface area contributed by atoms with E-state index in [0.717, 1.165) is 5.69 Å². The molecule has 0 amide bonds. The topological polar surface area (TPSA) is 87.7 Å². The zero-order valence-corrected chi connectivity index (χ0v) is 16.0. The Hall–Kier alpha value is -4.13. The van der Waals surface area contributed by atoms with Crippen molar-refractivity contribution in [1.29, 1.82) is 0 Å². The maximum Gasteiger partial charge on any atom is 0.351 e. The smallest absolute Gasteiger partial charge is 0.351 e. The molecule has 4 rings (SSSR count). The number of carbonyl (C=O) groups excluding carboxylic acids is 2. The van der Waals surface area contributed by atoms with Crippen molar-refractivity contribution >= 4 is 22.9 Å². The van der Waals surface area contributed by atoms with E-state index >= 15 is 0 Å². The molecule has 0 bridgehead atoms. The Balaban J connectivity index is 1.54.